The molecule has 3 heterocycles. The van der Waals surface area contributed by atoms with Crippen molar-refractivity contribution in [1.29, 1.82) is 0 Å². The second kappa shape index (κ2) is 9.68. The monoisotopic (exact) mass is 454 g/mol. The number of aromatic nitrogens is 3. The van der Waals surface area contributed by atoms with E-state index in [0.29, 0.717) is 54.3 Å². The number of nitrogens with zero attached hydrogens (tertiary/aromatic N) is 4. The number of halogens is 1. The maximum Gasteiger partial charge on any atom is 0.407 e. The molecule has 1 aliphatic heterocycles. The third kappa shape index (κ3) is 5.11. The molecule has 0 radical (unpaired) electrons. The lowest BCUT2D eigenvalue weighted by Crippen LogP contribution is -2.41. The van der Waals surface area contributed by atoms with E-state index >= 15 is 0 Å². The van der Waals surface area contributed by atoms with E-state index in [1.807, 2.05) is 0 Å². The third-order valence-corrected chi connectivity index (χ3v) is 5.40. The molecule has 0 atom stereocenters. The van der Waals surface area contributed by atoms with Crippen molar-refractivity contribution in [3.63, 3.8) is 0 Å². The Morgan fingerprint density at radius 3 is 2.58 bits per heavy atom. The first-order valence-corrected chi connectivity index (χ1v) is 10.4. The Morgan fingerprint density at radius 1 is 1.12 bits per heavy atom. The SMILES string of the molecule is COc1cncc(-c2ccc(Oc3ncnc(OC4CCN(C(=O)O)CC4)c3C)c(F)c2)c1. The molecule has 172 valence electrons. The van der Waals surface area contributed by atoms with E-state index in [1.54, 1.807) is 38.6 Å². The van der Waals surface area contributed by atoms with Gasteiger partial charge in [-0.3, -0.25) is 4.98 Å². The van der Waals surface area contributed by atoms with E-state index in [4.69, 9.17) is 19.3 Å². The Morgan fingerprint density at radius 2 is 1.88 bits per heavy atom. The predicted molar refractivity (Wildman–Crippen MR) is 116 cm³/mol. The summed E-state index contributed by atoms with van der Waals surface area (Å²) in [6.07, 6.45) is 4.49. The topological polar surface area (TPSA) is 107 Å². The summed E-state index contributed by atoms with van der Waals surface area (Å²) < 4.78 is 31.7. The van der Waals surface area contributed by atoms with Crippen LogP contribution in [0.2, 0.25) is 0 Å². The van der Waals surface area contributed by atoms with Crippen molar-refractivity contribution in [1.82, 2.24) is 19.9 Å². The summed E-state index contributed by atoms with van der Waals surface area (Å²) in [5, 5.41) is 9.07. The highest BCUT2D eigenvalue weighted by atomic mass is 19.1. The van der Waals surface area contributed by atoms with E-state index in [-0.39, 0.29) is 17.7 Å². The van der Waals surface area contributed by atoms with Gasteiger partial charge in [0.1, 0.15) is 18.2 Å². The molecule has 1 aromatic carbocycles. The van der Waals surface area contributed by atoms with Crippen molar-refractivity contribution in [2.45, 2.75) is 25.9 Å². The summed E-state index contributed by atoms with van der Waals surface area (Å²) in [6, 6.07) is 6.37. The highest BCUT2D eigenvalue weighted by molar-refractivity contribution is 5.65. The lowest BCUT2D eigenvalue weighted by Gasteiger charge is -2.30. The van der Waals surface area contributed by atoms with Crippen LogP contribution in [0.1, 0.15) is 18.4 Å². The zero-order valence-electron chi connectivity index (χ0n) is 18.2. The van der Waals surface area contributed by atoms with Gasteiger partial charge in [-0.15, -0.1) is 0 Å². The Hall–Kier alpha value is -3.95. The molecular formula is C23H23FN4O5. The van der Waals surface area contributed by atoms with Crippen LogP contribution in [-0.4, -0.2) is 57.4 Å². The standard InChI is InChI=1S/C23H23FN4O5/c1-14-21(32-17-5-7-28(8-6-17)23(29)30)26-13-27-22(14)33-20-4-3-15(10-19(20)24)16-9-18(31-2)12-25-11-16/h3-4,9-13,17H,5-8H2,1-2H3,(H,29,30). The number of benzene rings is 1. The Kier molecular flexibility index (Phi) is 6.53. The number of likely N-dealkylation sites (tertiary alicyclic amines) is 1. The average molecular weight is 454 g/mol. The number of carboxylic acid groups (broad SMARTS) is 1. The lowest BCUT2D eigenvalue weighted by atomic mass is 10.1. The van der Waals surface area contributed by atoms with Crippen LogP contribution in [0.3, 0.4) is 0 Å². The fourth-order valence-electron chi connectivity index (χ4n) is 3.52. The normalized spacial score (nSPS) is 14.1. The predicted octanol–water partition coefficient (Wildman–Crippen LogP) is 4.31. The maximum absolute atomic E-state index is 14.8. The van der Waals surface area contributed by atoms with Crippen molar-refractivity contribution in [2.75, 3.05) is 20.2 Å². The minimum atomic E-state index is -0.932. The van der Waals surface area contributed by atoms with E-state index < -0.39 is 11.9 Å². The Labute approximate surface area is 189 Å². The molecule has 0 bridgehead atoms. The zero-order chi connectivity index (χ0) is 23.4. The quantitative estimate of drug-likeness (QED) is 0.587. The van der Waals surface area contributed by atoms with Crippen molar-refractivity contribution in [2.24, 2.45) is 0 Å². The summed E-state index contributed by atoms with van der Waals surface area (Å²) in [7, 11) is 1.54. The smallest absolute Gasteiger partial charge is 0.407 e. The second-order valence-electron chi connectivity index (χ2n) is 7.56. The van der Waals surface area contributed by atoms with E-state index in [1.165, 1.54) is 23.4 Å². The first-order valence-electron chi connectivity index (χ1n) is 10.4. The van der Waals surface area contributed by atoms with Crippen LogP contribution in [0.25, 0.3) is 11.1 Å². The van der Waals surface area contributed by atoms with Crippen LogP contribution < -0.4 is 14.2 Å². The second-order valence-corrected chi connectivity index (χ2v) is 7.56. The van der Waals surface area contributed by atoms with Gasteiger partial charge in [0.15, 0.2) is 11.6 Å². The molecule has 1 saturated heterocycles. The number of pyridine rings is 1. The number of methoxy groups -OCH3 is 1. The number of ether oxygens (including phenoxy) is 3. The van der Waals surface area contributed by atoms with Gasteiger partial charge in [-0.25, -0.2) is 19.2 Å². The molecule has 2 aromatic heterocycles. The summed E-state index contributed by atoms with van der Waals surface area (Å²) >= 11 is 0. The van der Waals surface area contributed by atoms with Gasteiger partial charge in [-0.1, -0.05) is 6.07 Å². The van der Waals surface area contributed by atoms with Gasteiger partial charge >= 0.3 is 6.09 Å². The molecule has 0 saturated carbocycles. The summed E-state index contributed by atoms with van der Waals surface area (Å²) in [6.45, 7) is 2.52. The number of rotatable bonds is 6. The molecule has 9 nitrogen and oxygen atoms in total. The summed E-state index contributed by atoms with van der Waals surface area (Å²) in [5.41, 5.74) is 1.86. The first-order chi connectivity index (χ1) is 15.9. The maximum atomic E-state index is 14.8. The molecule has 0 aliphatic carbocycles. The summed E-state index contributed by atoms with van der Waals surface area (Å²) in [5.74, 6) is 0.533. The highest BCUT2D eigenvalue weighted by Gasteiger charge is 2.25. The van der Waals surface area contributed by atoms with Gasteiger partial charge in [0.2, 0.25) is 11.8 Å². The summed E-state index contributed by atoms with van der Waals surface area (Å²) in [4.78, 5) is 24.8. The molecule has 1 fully saturated rings. The van der Waals surface area contributed by atoms with Crippen molar-refractivity contribution >= 4 is 6.09 Å². The zero-order valence-corrected chi connectivity index (χ0v) is 18.2. The van der Waals surface area contributed by atoms with Crippen molar-refractivity contribution < 1.29 is 28.5 Å². The van der Waals surface area contributed by atoms with Crippen molar-refractivity contribution in [3.8, 4) is 34.4 Å². The highest BCUT2D eigenvalue weighted by Crippen LogP contribution is 2.32. The number of hydrogen-bond acceptors (Lipinski definition) is 7. The first kappa shape index (κ1) is 22.3. The average Bonchev–Trinajstić information content (AvgIpc) is 2.83. The molecule has 1 aliphatic rings. The van der Waals surface area contributed by atoms with Gasteiger partial charge in [0.25, 0.3) is 0 Å². The molecule has 0 unspecified atom stereocenters. The molecule has 1 N–H and O–H groups in total. The number of hydrogen-bond donors (Lipinski definition) is 1. The fourth-order valence-corrected chi connectivity index (χ4v) is 3.52. The van der Waals surface area contributed by atoms with Crippen LogP contribution in [0.15, 0.2) is 43.0 Å². The largest absolute Gasteiger partial charge is 0.495 e. The van der Waals surface area contributed by atoms with Gasteiger partial charge in [0.05, 0.1) is 18.9 Å². The molecule has 33 heavy (non-hydrogen) atoms. The fraction of sp³-hybridized carbons (Fsp3) is 0.304. The lowest BCUT2D eigenvalue weighted by molar-refractivity contribution is 0.0864. The van der Waals surface area contributed by atoms with Crippen LogP contribution in [0.4, 0.5) is 9.18 Å². The molecule has 10 heteroatoms. The molecule has 4 rings (SSSR count). The number of piperidine rings is 1. The van der Waals surface area contributed by atoms with Gasteiger partial charge < -0.3 is 24.2 Å². The van der Waals surface area contributed by atoms with E-state index in [9.17, 15) is 9.18 Å². The van der Waals surface area contributed by atoms with E-state index in [0.717, 1.165) is 0 Å². The van der Waals surface area contributed by atoms with Gasteiger partial charge in [-0.2, -0.15) is 0 Å². The molecule has 1 amide bonds. The minimum absolute atomic E-state index is 0.0112. The minimum Gasteiger partial charge on any atom is -0.495 e. The number of amides is 1. The molecule has 3 aromatic rings. The van der Waals surface area contributed by atoms with Crippen LogP contribution >= 0.6 is 0 Å². The van der Waals surface area contributed by atoms with Crippen LogP contribution in [0, 0.1) is 12.7 Å². The third-order valence-electron chi connectivity index (χ3n) is 5.40. The van der Waals surface area contributed by atoms with Crippen LogP contribution in [0.5, 0.6) is 23.3 Å². The van der Waals surface area contributed by atoms with Gasteiger partial charge in [0, 0.05) is 37.7 Å². The Balaban J connectivity index is 1.47. The molecular weight excluding hydrogens is 431 g/mol. The van der Waals surface area contributed by atoms with Gasteiger partial charge in [-0.05, 0) is 30.7 Å². The van der Waals surface area contributed by atoms with Crippen LogP contribution in [-0.2, 0) is 0 Å². The molecule has 0 spiro atoms. The van der Waals surface area contributed by atoms with Crippen molar-refractivity contribution in [3.05, 3.63) is 54.4 Å². The Bertz CT molecular complexity index is 1150. The van der Waals surface area contributed by atoms with E-state index in [2.05, 4.69) is 15.0 Å². The number of carbonyl (C=O) groups is 1.